The number of carbonyl (C=O) groups excluding carboxylic acids is 3. The van der Waals surface area contributed by atoms with Crippen molar-refractivity contribution in [3.8, 4) is 0 Å². The van der Waals surface area contributed by atoms with E-state index in [0.717, 1.165) is 24.9 Å². The number of benzene rings is 1. The molecule has 1 aliphatic heterocycles. The third kappa shape index (κ3) is 6.79. The first-order chi connectivity index (χ1) is 18.6. The van der Waals surface area contributed by atoms with Gasteiger partial charge in [-0.1, -0.05) is 25.5 Å². The Kier molecular flexibility index (Phi) is 8.59. The molecule has 1 saturated heterocycles. The molecule has 1 aliphatic rings. The second kappa shape index (κ2) is 12.1. The third-order valence-electron chi connectivity index (χ3n) is 6.05. The quantitative estimate of drug-likeness (QED) is 0.254. The van der Waals surface area contributed by atoms with Gasteiger partial charge in [-0.2, -0.15) is 4.98 Å². The van der Waals surface area contributed by atoms with Gasteiger partial charge in [0.25, 0.3) is 5.56 Å². The van der Waals surface area contributed by atoms with E-state index in [4.69, 9.17) is 18.9 Å². The van der Waals surface area contributed by atoms with Crippen molar-refractivity contribution in [2.75, 3.05) is 11.9 Å². The van der Waals surface area contributed by atoms with Crippen molar-refractivity contribution < 1.29 is 33.3 Å². The fourth-order valence-corrected chi connectivity index (χ4v) is 4.33. The van der Waals surface area contributed by atoms with Gasteiger partial charge in [0.15, 0.2) is 29.5 Å². The Balaban J connectivity index is 1.62. The molecule has 3 N–H and O–H groups in total. The lowest BCUT2D eigenvalue weighted by atomic mass is 10.1. The van der Waals surface area contributed by atoms with Crippen LogP contribution in [0.5, 0.6) is 0 Å². The van der Waals surface area contributed by atoms with Crippen LogP contribution in [0.15, 0.2) is 29.1 Å². The highest BCUT2D eigenvalue weighted by Gasteiger charge is 2.51. The Morgan fingerprint density at radius 2 is 1.67 bits per heavy atom. The number of H-pyrrole nitrogens is 2. The van der Waals surface area contributed by atoms with Crippen molar-refractivity contribution in [1.29, 1.82) is 0 Å². The van der Waals surface area contributed by atoms with Gasteiger partial charge in [-0.15, -0.1) is 0 Å². The normalized spacial score (nSPS) is 20.5. The van der Waals surface area contributed by atoms with Crippen LogP contribution in [0.3, 0.4) is 0 Å². The Hall–Kier alpha value is -4.26. The highest BCUT2D eigenvalue weighted by Crippen LogP contribution is 2.37. The number of hydrogen-bond acceptors (Lipinski definition) is 11. The number of anilines is 2. The third-order valence-corrected chi connectivity index (χ3v) is 6.05. The lowest BCUT2D eigenvalue weighted by Gasteiger charge is -2.22. The largest absolute Gasteiger partial charge is 0.463 e. The fraction of sp³-hybridized carbons (Fsp3) is 0.462. The second-order valence-corrected chi connectivity index (χ2v) is 9.21. The molecular weight excluding hydrogens is 510 g/mol. The lowest BCUT2D eigenvalue weighted by molar-refractivity contribution is -0.165. The van der Waals surface area contributed by atoms with E-state index in [9.17, 15) is 19.2 Å². The number of ether oxygens (including phenoxy) is 4. The van der Waals surface area contributed by atoms with Crippen LogP contribution in [0.4, 0.5) is 11.6 Å². The number of nitrogens with one attached hydrogen (secondary N) is 3. The number of imidazole rings is 1. The van der Waals surface area contributed by atoms with Gasteiger partial charge in [0.05, 0.1) is 0 Å². The van der Waals surface area contributed by atoms with Gasteiger partial charge < -0.3 is 29.2 Å². The number of esters is 3. The molecule has 3 aromatic rings. The van der Waals surface area contributed by atoms with Crippen LogP contribution < -0.4 is 10.9 Å². The molecule has 0 spiro atoms. The van der Waals surface area contributed by atoms with Crippen LogP contribution >= 0.6 is 0 Å². The summed E-state index contributed by atoms with van der Waals surface area (Å²) in [7, 11) is 0. The monoisotopic (exact) mass is 541 g/mol. The van der Waals surface area contributed by atoms with Crippen LogP contribution in [-0.4, -0.2) is 62.8 Å². The zero-order valence-corrected chi connectivity index (χ0v) is 22.1. The predicted molar refractivity (Wildman–Crippen MR) is 138 cm³/mol. The molecule has 0 saturated carbocycles. The minimum absolute atomic E-state index is 0.0723. The number of fused-ring (bicyclic) bond motifs is 1. The molecule has 0 bridgehead atoms. The first-order valence-electron chi connectivity index (χ1n) is 12.6. The topological polar surface area (TPSA) is 175 Å². The molecule has 13 nitrogen and oxygen atoms in total. The zero-order chi connectivity index (χ0) is 28.1. The summed E-state index contributed by atoms with van der Waals surface area (Å²) in [6, 6.07) is 7.83. The van der Waals surface area contributed by atoms with Gasteiger partial charge >= 0.3 is 17.9 Å². The molecule has 1 unspecified atom stereocenters. The maximum absolute atomic E-state index is 12.8. The Labute approximate surface area is 223 Å². The number of nitrogens with zero attached hydrogens (tertiary/aromatic N) is 2. The summed E-state index contributed by atoms with van der Waals surface area (Å²) >= 11 is 0. The molecule has 0 radical (unpaired) electrons. The predicted octanol–water partition coefficient (Wildman–Crippen LogP) is 2.60. The zero-order valence-electron chi connectivity index (χ0n) is 22.1. The molecule has 0 aliphatic carbocycles. The molecule has 13 heteroatoms. The van der Waals surface area contributed by atoms with Crippen LogP contribution in [0.25, 0.3) is 11.2 Å². The van der Waals surface area contributed by atoms with E-state index in [1.807, 2.05) is 24.3 Å². The average Bonchev–Trinajstić information content (AvgIpc) is 3.44. The van der Waals surface area contributed by atoms with Gasteiger partial charge in [0.1, 0.15) is 18.5 Å². The fourth-order valence-electron chi connectivity index (χ4n) is 4.33. The summed E-state index contributed by atoms with van der Waals surface area (Å²) in [5.74, 6) is -1.57. The SMILES string of the molecule is CCCCc1ccc(Nc2nc3nc(C4O[C@H](COC(C)=O)[C@@H](OC(C)=O)[C@H]4OC(C)=O)[nH]c3c(=O)[nH]2)cc1. The number of hydrogen-bond donors (Lipinski definition) is 3. The molecule has 1 fully saturated rings. The molecule has 4 rings (SSSR count). The number of aromatic nitrogens is 4. The average molecular weight is 542 g/mol. The van der Waals surface area contributed by atoms with Crippen molar-refractivity contribution in [2.24, 2.45) is 0 Å². The van der Waals surface area contributed by atoms with Gasteiger partial charge in [-0.3, -0.25) is 24.2 Å². The Morgan fingerprint density at radius 3 is 2.31 bits per heavy atom. The first-order valence-corrected chi connectivity index (χ1v) is 12.6. The number of unbranched alkanes of at least 4 members (excludes halogenated alkanes) is 1. The van der Waals surface area contributed by atoms with Crippen molar-refractivity contribution in [3.63, 3.8) is 0 Å². The smallest absolute Gasteiger partial charge is 0.303 e. The number of carbonyl (C=O) groups is 3. The van der Waals surface area contributed by atoms with Crippen molar-refractivity contribution >= 4 is 40.7 Å². The minimum Gasteiger partial charge on any atom is -0.463 e. The summed E-state index contributed by atoms with van der Waals surface area (Å²) < 4.78 is 21.8. The van der Waals surface area contributed by atoms with E-state index in [1.165, 1.54) is 26.3 Å². The molecule has 0 amide bonds. The molecule has 1 aromatic carbocycles. The number of rotatable bonds is 10. The van der Waals surface area contributed by atoms with E-state index in [1.54, 1.807) is 0 Å². The number of aryl methyl sites for hydroxylation is 1. The van der Waals surface area contributed by atoms with Crippen molar-refractivity contribution in [1.82, 2.24) is 19.9 Å². The van der Waals surface area contributed by atoms with Crippen LogP contribution in [-0.2, 0) is 39.8 Å². The highest BCUT2D eigenvalue weighted by molar-refractivity contribution is 5.72. The van der Waals surface area contributed by atoms with E-state index >= 15 is 0 Å². The maximum atomic E-state index is 12.8. The maximum Gasteiger partial charge on any atom is 0.303 e. The van der Waals surface area contributed by atoms with Gasteiger partial charge in [-0.25, -0.2) is 4.98 Å². The summed E-state index contributed by atoms with van der Waals surface area (Å²) in [4.78, 5) is 62.3. The molecule has 4 atom stereocenters. The molecular formula is C26H31N5O8. The van der Waals surface area contributed by atoms with Gasteiger partial charge in [0.2, 0.25) is 5.95 Å². The molecule has 2 aromatic heterocycles. The summed E-state index contributed by atoms with van der Waals surface area (Å²) in [5.41, 5.74) is 1.63. The van der Waals surface area contributed by atoms with Gasteiger partial charge in [0, 0.05) is 26.5 Å². The summed E-state index contributed by atoms with van der Waals surface area (Å²) in [5, 5.41) is 3.07. The molecule has 208 valence electrons. The minimum atomic E-state index is -1.13. The van der Waals surface area contributed by atoms with E-state index < -0.39 is 47.9 Å². The van der Waals surface area contributed by atoms with Gasteiger partial charge in [-0.05, 0) is 30.5 Å². The molecule has 3 heterocycles. The van der Waals surface area contributed by atoms with Crippen molar-refractivity contribution in [3.05, 3.63) is 46.0 Å². The van der Waals surface area contributed by atoms with E-state index in [0.29, 0.717) is 0 Å². The van der Waals surface area contributed by atoms with Crippen LogP contribution in [0, 0.1) is 0 Å². The Morgan fingerprint density at radius 1 is 0.974 bits per heavy atom. The number of aromatic amines is 2. The first kappa shape index (κ1) is 27.8. The Bertz CT molecular complexity index is 1400. The second-order valence-electron chi connectivity index (χ2n) is 9.21. The summed E-state index contributed by atoms with van der Waals surface area (Å²) in [6.07, 6.45) is -1.03. The van der Waals surface area contributed by atoms with Crippen LogP contribution in [0.2, 0.25) is 0 Å². The van der Waals surface area contributed by atoms with Crippen LogP contribution in [0.1, 0.15) is 58.0 Å². The standard InChI is InChI=1S/C26H31N5O8/c1-5-6-7-16-8-10-17(11-9-16)27-26-30-23-19(25(35)31-26)28-24(29-23)22-21(38-15(4)34)20(37-14(3)33)18(39-22)12-36-13(2)32/h8-11,18,20-22H,5-7,12H2,1-4H3,(H3,27,28,29,30,31,35)/t18-,20-,21-,22?/m1/s1. The highest BCUT2D eigenvalue weighted by atomic mass is 16.6. The molecule has 39 heavy (non-hydrogen) atoms. The van der Waals surface area contributed by atoms with E-state index in [-0.39, 0.29) is 29.5 Å². The van der Waals surface area contributed by atoms with Crippen molar-refractivity contribution in [2.45, 2.75) is 71.4 Å². The lowest BCUT2D eigenvalue weighted by Crippen LogP contribution is -2.40. The van der Waals surface area contributed by atoms with E-state index in [2.05, 4.69) is 32.2 Å². The summed E-state index contributed by atoms with van der Waals surface area (Å²) in [6.45, 7) is 5.50.